The SMILES string of the molecule is CCCCCCCCCCOP(C)(=O)OCC. The van der Waals surface area contributed by atoms with Crippen LogP contribution in [-0.4, -0.2) is 19.9 Å². The summed E-state index contributed by atoms with van der Waals surface area (Å²) in [5.74, 6) is 0. The lowest BCUT2D eigenvalue weighted by atomic mass is 10.1. The second-order valence-corrected chi connectivity index (χ2v) is 6.56. The molecule has 1 atom stereocenters. The molecule has 0 rings (SSSR count). The largest absolute Gasteiger partial charge is 0.327 e. The fourth-order valence-corrected chi connectivity index (χ4v) is 2.74. The Labute approximate surface area is 107 Å². The second kappa shape index (κ2) is 11.3. The molecule has 0 fully saturated rings. The van der Waals surface area contributed by atoms with Gasteiger partial charge in [-0.05, 0) is 13.3 Å². The van der Waals surface area contributed by atoms with E-state index in [1.54, 1.807) is 6.66 Å². The first-order valence-corrected chi connectivity index (χ1v) is 8.98. The minimum Gasteiger partial charge on any atom is -0.309 e. The molecule has 0 N–H and O–H groups in total. The Bertz CT molecular complexity index is 207. The highest BCUT2D eigenvalue weighted by Gasteiger charge is 2.14. The molecule has 0 bridgehead atoms. The number of hydrogen-bond acceptors (Lipinski definition) is 3. The Kier molecular flexibility index (Phi) is 11.4. The molecule has 0 aliphatic rings. The molecule has 0 aliphatic heterocycles. The lowest BCUT2D eigenvalue weighted by Crippen LogP contribution is -1.96. The van der Waals surface area contributed by atoms with Gasteiger partial charge in [-0.2, -0.15) is 0 Å². The minimum absolute atomic E-state index is 0.450. The summed E-state index contributed by atoms with van der Waals surface area (Å²) in [7, 11) is -2.76. The van der Waals surface area contributed by atoms with Crippen LogP contribution >= 0.6 is 7.60 Å². The summed E-state index contributed by atoms with van der Waals surface area (Å²) < 4.78 is 21.9. The van der Waals surface area contributed by atoms with Crippen LogP contribution in [0, 0.1) is 0 Å². The van der Waals surface area contributed by atoms with Crippen LogP contribution in [-0.2, 0) is 13.6 Å². The van der Waals surface area contributed by atoms with Crippen molar-refractivity contribution >= 4 is 7.60 Å². The first-order valence-electron chi connectivity index (χ1n) is 6.99. The highest BCUT2D eigenvalue weighted by molar-refractivity contribution is 7.52. The van der Waals surface area contributed by atoms with E-state index >= 15 is 0 Å². The highest BCUT2D eigenvalue weighted by atomic mass is 31.2. The lowest BCUT2D eigenvalue weighted by Gasteiger charge is -2.12. The molecule has 0 aliphatic carbocycles. The van der Waals surface area contributed by atoms with Crippen molar-refractivity contribution in [2.75, 3.05) is 19.9 Å². The van der Waals surface area contributed by atoms with E-state index < -0.39 is 7.60 Å². The number of rotatable bonds is 12. The molecule has 0 saturated heterocycles. The Balaban J connectivity index is 3.21. The standard InChI is InChI=1S/C13H29O3P/c1-4-6-7-8-9-10-11-12-13-16-17(3,14)15-5-2/h4-13H2,1-3H3. The number of hydrogen-bond donors (Lipinski definition) is 0. The fourth-order valence-electron chi connectivity index (χ4n) is 1.74. The van der Waals surface area contributed by atoms with Gasteiger partial charge in [0.25, 0.3) is 0 Å². The molecule has 0 aromatic rings. The molecule has 0 spiro atoms. The van der Waals surface area contributed by atoms with Crippen molar-refractivity contribution in [1.82, 2.24) is 0 Å². The summed E-state index contributed by atoms with van der Waals surface area (Å²) >= 11 is 0. The Morgan fingerprint density at radius 2 is 1.35 bits per heavy atom. The van der Waals surface area contributed by atoms with Crippen LogP contribution in [0.5, 0.6) is 0 Å². The van der Waals surface area contributed by atoms with Crippen molar-refractivity contribution in [3.05, 3.63) is 0 Å². The van der Waals surface area contributed by atoms with Gasteiger partial charge in [-0.3, -0.25) is 4.57 Å². The van der Waals surface area contributed by atoms with Crippen LogP contribution in [0.25, 0.3) is 0 Å². The summed E-state index contributed by atoms with van der Waals surface area (Å²) in [5.41, 5.74) is 0. The van der Waals surface area contributed by atoms with E-state index in [0.717, 1.165) is 12.8 Å². The molecule has 4 heteroatoms. The first-order chi connectivity index (χ1) is 8.12. The van der Waals surface area contributed by atoms with Crippen LogP contribution in [0.3, 0.4) is 0 Å². The quantitative estimate of drug-likeness (QED) is 0.367. The van der Waals surface area contributed by atoms with E-state index in [0.29, 0.717) is 13.2 Å². The van der Waals surface area contributed by atoms with Crippen LogP contribution in [0.4, 0.5) is 0 Å². The zero-order chi connectivity index (χ0) is 13.0. The van der Waals surface area contributed by atoms with Crippen LogP contribution in [0.2, 0.25) is 0 Å². The zero-order valence-corrected chi connectivity index (χ0v) is 12.6. The van der Waals surface area contributed by atoms with Gasteiger partial charge in [0, 0.05) is 6.66 Å². The van der Waals surface area contributed by atoms with Gasteiger partial charge in [-0.1, -0.05) is 51.9 Å². The average molecular weight is 264 g/mol. The van der Waals surface area contributed by atoms with Crippen molar-refractivity contribution in [1.29, 1.82) is 0 Å². The molecule has 0 amide bonds. The van der Waals surface area contributed by atoms with Crippen molar-refractivity contribution in [3.8, 4) is 0 Å². The summed E-state index contributed by atoms with van der Waals surface area (Å²) in [5, 5.41) is 0. The molecule has 0 radical (unpaired) electrons. The molecule has 0 saturated carbocycles. The van der Waals surface area contributed by atoms with Gasteiger partial charge in [-0.25, -0.2) is 0 Å². The van der Waals surface area contributed by atoms with Crippen molar-refractivity contribution in [3.63, 3.8) is 0 Å². The van der Waals surface area contributed by atoms with Gasteiger partial charge in [-0.15, -0.1) is 0 Å². The van der Waals surface area contributed by atoms with Crippen LogP contribution in [0.1, 0.15) is 65.2 Å². The smallest absolute Gasteiger partial charge is 0.309 e. The zero-order valence-electron chi connectivity index (χ0n) is 11.7. The molecule has 3 nitrogen and oxygen atoms in total. The Morgan fingerprint density at radius 3 is 1.88 bits per heavy atom. The van der Waals surface area contributed by atoms with Gasteiger partial charge < -0.3 is 9.05 Å². The van der Waals surface area contributed by atoms with Crippen molar-refractivity contribution in [2.45, 2.75) is 65.2 Å². The third-order valence-corrected chi connectivity index (χ3v) is 4.07. The van der Waals surface area contributed by atoms with E-state index in [1.807, 2.05) is 6.92 Å². The topological polar surface area (TPSA) is 35.5 Å². The summed E-state index contributed by atoms with van der Waals surface area (Å²) in [6.45, 7) is 6.61. The summed E-state index contributed by atoms with van der Waals surface area (Å²) in [4.78, 5) is 0. The molecule has 1 unspecified atom stereocenters. The number of unbranched alkanes of at least 4 members (excludes halogenated alkanes) is 7. The molecular formula is C13H29O3P. The second-order valence-electron chi connectivity index (χ2n) is 4.50. The van der Waals surface area contributed by atoms with E-state index in [4.69, 9.17) is 9.05 Å². The molecule has 17 heavy (non-hydrogen) atoms. The first kappa shape index (κ1) is 17.2. The van der Waals surface area contributed by atoms with Gasteiger partial charge >= 0.3 is 7.60 Å². The predicted octanol–water partition coefficient (Wildman–Crippen LogP) is 5.00. The molecule has 0 heterocycles. The van der Waals surface area contributed by atoms with E-state index in [1.165, 1.54) is 38.5 Å². The summed E-state index contributed by atoms with van der Waals surface area (Å²) in [6, 6.07) is 0. The molecule has 104 valence electrons. The van der Waals surface area contributed by atoms with Gasteiger partial charge in [0.05, 0.1) is 13.2 Å². The van der Waals surface area contributed by atoms with E-state index in [2.05, 4.69) is 6.92 Å². The van der Waals surface area contributed by atoms with Crippen molar-refractivity contribution in [2.24, 2.45) is 0 Å². The van der Waals surface area contributed by atoms with Crippen LogP contribution in [0.15, 0.2) is 0 Å². The highest BCUT2D eigenvalue weighted by Crippen LogP contribution is 2.43. The van der Waals surface area contributed by atoms with Crippen LogP contribution < -0.4 is 0 Å². The molecular weight excluding hydrogens is 235 g/mol. The Morgan fingerprint density at radius 1 is 0.824 bits per heavy atom. The van der Waals surface area contributed by atoms with Gasteiger partial charge in [0.1, 0.15) is 0 Å². The fraction of sp³-hybridized carbons (Fsp3) is 1.00. The normalized spacial score (nSPS) is 14.8. The third kappa shape index (κ3) is 12.4. The predicted molar refractivity (Wildman–Crippen MR) is 73.7 cm³/mol. The monoisotopic (exact) mass is 264 g/mol. The van der Waals surface area contributed by atoms with Gasteiger partial charge in [0.15, 0.2) is 0 Å². The molecule has 0 aromatic carbocycles. The molecule has 0 aromatic heterocycles. The Hall–Kier alpha value is 0.150. The van der Waals surface area contributed by atoms with E-state index in [-0.39, 0.29) is 0 Å². The minimum atomic E-state index is -2.76. The maximum Gasteiger partial charge on any atom is 0.327 e. The lowest BCUT2D eigenvalue weighted by molar-refractivity contribution is 0.213. The van der Waals surface area contributed by atoms with E-state index in [9.17, 15) is 4.57 Å². The maximum absolute atomic E-state index is 11.6. The van der Waals surface area contributed by atoms with Gasteiger partial charge in [0.2, 0.25) is 0 Å². The third-order valence-electron chi connectivity index (χ3n) is 2.69. The summed E-state index contributed by atoms with van der Waals surface area (Å²) in [6.07, 6.45) is 10.1. The van der Waals surface area contributed by atoms with Crippen molar-refractivity contribution < 1.29 is 13.6 Å². The maximum atomic E-state index is 11.6. The average Bonchev–Trinajstić information content (AvgIpc) is 2.27.